The van der Waals surface area contributed by atoms with Gasteiger partial charge in [-0.1, -0.05) is 0 Å². The van der Waals surface area contributed by atoms with Crippen LogP contribution in [0.5, 0.6) is 0 Å². The highest BCUT2D eigenvalue weighted by molar-refractivity contribution is 8.08. The van der Waals surface area contributed by atoms with E-state index in [4.69, 9.17) is 0 Å². The lowest BCUT2D eigenvalue weighted by molar-refractivity contribution is -0.130. The van der Waals surface area contributed by atoms with Crippen molar-refractivity contribution in [3.05, 3.63) is 0 Å². The first kappa shape index (κ1) is 16.1. The number of rotatable bonds is 4. The summed E-state index contributed by atoms with van der Waals surface area (Å²) in [5.41, 5.74) is 0. The monoisotopic (exact) mass is 272 g/mol. The Hall–Kier alpha value is 0.660. The van der Waals surface area contributed by atoms with Crippen molar-refractivity contribution in [2.24, 2.45) is 0 Å². The summed E-state index contributed by atoms with van der Waals surface area (Å²) in [5, 5.41) is 0. The molecule has 0 N–H and O–H groups in total. The first-order valence-corrected chi connectivity index (χ1v) is 5.55. The van der Waals surface area contributed by atoms with Gasteiger partial charge in [0, 0.05) is 24.8 Å². The van der Waals surface area contributed by atoms with Crippen LogP contribution in [0, 0.1) is 0 Å². The molecule has 1 unspecified atom stereocenters. The molecular formula is C4H7F3O2S4. The minimum Gasteiger partial charge on any atom is -0.361 e. The van der Waals surface area contributed by atoms with Crippen LogP contribution in [0.2, 0.25) is 0 Å². The van der Waals surface area contributed by atoms with Crippen LogP contribution in [0.15, 0.2) is 0 Å². The summed E-state index contributed by atoms with van der Waals surface area (Å²) in [6, 6.07) is 0. The van der Waals surface area contributed by atoms with E-state index in [2.05, 4.69) is 16.8 Å². The van der Waals surface area contributed by atoms with Crippen LogP contribution < -0.4 is 0 Å². The maximum Gasteiger partial charge on any atom is 0.317 e. The molecule has 0 aliphatic rings. The van der Waals surface area contributed by atoms with Crippen LogP contribution in [0.25, 0.3) is 0 Å². The lowest BCUT2D eigenvalue weighted by Crippen LogP contribution is -1.89. The van der Waals surface area contributed by atoms with Gasteiger partial charge in [-0.25, -0.2) is 0 Å². The number of thiol groups is 1. The van der Waals surface area contributed by atoms with Gasteiger partial charge in [-0.05, 0) is 0 Å². The Morgan fingerprint density at radius 2 is 2.08 bits per heavy atom. The van der Waals surface area contributed by atoms with E-state index in [1.807, 2.05) is 0 Å². The van der Waals surface area contributed by atoms with Gasteiger partial charge in [0.25, 0.3) is 12.4 Å². The number of carbonyl (C=O) groups excluding carboxylic acids is 1. The van der Waals surface area contributed by atoms with Gasteiger partial charge in [-0.3, -0.25) is 4.79 Å². The third-order valence-electron chi connectivity index (χ3n) is 0.457. The highest BCUT2D eigenvalue weighted by atomic mass is 32.2. The number of hydrogen-bond donors (Lipinski definition) is 1. The Balaban J connectivity index is 0. The van der Waals surface area contributed by atoms with Gasteiger partial charge in [0.15, 0.2) is 0 Å². The van der Waals surface area contributed by atoms with Crippen molar-refractivity contribution in [3.8, 4) is 0 Å². The zero-order chi connectivity index (χ0) is 10.7. The highest BCUT2D eigenvalue weighted by Crippen LogP contribution is 2.20. The van der Waals surface area contributed by atoms with Crippen molar-refractivity contribution in [1.29, 1.82) is 0 Å². The molecule has 0 radical (unpaired) electrons. The first-order valence-electron chi connectivity index (χ1n) is 2.73. The fourth-order valence-corrected chi connectivity index (χ4v) is 0.850. The molecule has 0 aromatic rings. The molecule has 2 nitrogen and oxygen atoms in total. The average molecular weight is 272 g/mol. The van der Waals surface area contributed by atoms with Gasteiger partial charge in [-0.15, -0.1) is 3.89 Å². The summed E-state index contributed by atoms with van der Waals surface area (Å²) in [6.45, 7) is 1.13. The van der Waals surface area contributed by atoms with E-state index < -0.39 is 23.0 Å². The summed E-state index contributed by atoms with van der Waals surface area (Å²) in [5.74, 6) is -0.521. The second kappa shape index (κ2) is 12.7. The normalized spacial score (nSPS) is 11.2. The zero-order valence-electron chi connectivity index (χ0n) is 6.41. The fraction of sp³-hybridized carbons (Fsp3) is 0.750. The summed E-state index contributed by atoms with van der Waals surface area (Å²) < 4.78 is 36.2. The van der Waals surface area contributed by atoms with Crippen molar-refractivity contribution < 1.29 is 20.6 Å². The van der Waals surface area contributed by atoms with Crippen molar-refractivity contribution in [1.82, 2.24) is 0 Å². The molecule has 0 spiro atoms. The van der Waals surface area contributed by atoms with E-state index in [9.17, 15) is 16.5 Å². The zero-order valence-corrected chi connectivity index (χ0v) is 9.75. The quantitative estimate of drug-likeness (QED) is 0.479. The molecule has 0 rings (SSSR count). The summed E-state index contributed by atoms with van der Waals surface area (Å²) in [6.07, 6.45) is 0. The van der Waals surface area contributed by atoms with Gasteiger partial charge in [0.2, 0.25) is 0 Å². The third-order valence-corrected chi connectivity index (χ3v) is 2.47. The molecule has 0 aromatic carbocycles. The minimum atomic E-state index is -0.623. The fourth-order valence-electron chi connectivity index (χ4n) is 0.124. The van der Waals surface area contributed by atoms with E-state index in [-0.39, 0.29) is 30.0 Å². The Morgan fingerprint density at radius 3 is 2.15 bits per heavy atom. The average Bonchev–Trinajstić information content (AvgIpc) is 2.05. The molecule has 0 aromatic heterocycles. The van der Waals surface area contributed by atoms with Gasteiger partial charge in [0.05, 0.1) is 16.7 Å². The minimum absolute atomic E-state index is 0.0527. The predicted molar refractivity (Wildman–Crippen MR) is 55.5 cm³/mol. The molecule has 0 amide bonds. The lowest BCUT2D eigenvalue weighted by Gasteiger charge is -1.94. The lowest BCUT2D eigenvalue weighted by atomic mass is 10.9. The molecular weight excluding hydrogens is 265 g/mol. The molecule has 0 aliphatic carbocycles. The van der Waals surface area contributed by atoms with Crippen LogP contribution >= 0.6 is 49.4 Å². The topological polar surface area (TPSA) is 26.3 Å². The second-order valence-electron chi connectivity index (χ2n) is 1.46. The van der Waals surface area contributed by atoms with Crippen molar-refractivity contribution >= 4 is 55.3 Å². The molecule has 1 atom stereocenters. The number of carbonyl (C=O) groups is 1. The standard InChI is InChI=1S/C2H4F2S3.C2H3FO2S/c3-6-1-2(5)7-4;1-2(4)5-6-3/h2,5H,1H2;1H3. The largest absolute Gasteiger partial charge is 0.361 e. The van der Waals surface area contributed by atoms with Gasteiger partial charge >= 0.3 is 5.97 Å². The van der Waals surface area contributed by atoms with Crippen LogP contribution in [-0.4, -0.2) is 16.3 Å². The number of hydrogen-bond acceptors (Lipinski definition) is 6. The van der Waals surface area contributed by atoms with Crippen molar-refractivity contribution in [2.45, 2.75) is 11.5 Å². The van der Waals surface area contributed by atoms with Crippen LogP contribution in [0.4, 0.5) is 11.7 Å². The SMILES string of the molecule is CC(=O)OSF.FSCC(S)SF. The molecule has 9 heteroatoms. The van der Waals surface area contributed by atoms with Gasteiger partial charge < -0.3 is 4.18 Å². The van der Waals surface area contributed by atoms with Gasteiger partial charge in [-0.2, -0.15) is 20.4 Å². The maximum absolute atomic E-state index is 11.2. The van der Waals surface area contributed by atoms with E-state index >= 15 is 0 Å². The van der Waals surface area contributed by atoms with Crippen LogP contribution in [0.3, 0.4) is 0 Å². The van der Waals surface area contributed by atoms with Crippen LogP contribution in [-0.2, 0) is 8.98 Å². The third kappa shape index (κ3) is 19.2. The Morgan fingerprint density at radius 1 is 1.54 bits per heavy atom. The van der Waals surface area contributed by atoms with E-state index in [1.165, 1.54) is 0 Å². The summed E-state index contributed by atoms with van der Waals surface area (Å²) >= 11 is 3.35. The van der Waals surface area contributed by atoms with E-state index in [0.717, 1.165) is 6.92 Å². The molecule has 13 heavy (non-hydrogen) atoms. The number of halogens is 3. The smallest absolute Gasteiger partial charge is 0.317 e. The Bertz CT molecular complexity index is 128. The van der Waals surface area contributed by atoms with Crippen molar-refractivity contribution in [2.75, 3.05) is 5.75 Å². The summed E-state index contributed by atoms with van der Waals surface area (Å²) in [4.78, 5) is 9.56. The molecule has 80 valence electrons. The first-order chi connectivity index (χ1) is 6.08. The maximum atomic E-state index is 11.2. The molecule has 0 heterocycles. The Labute approximate surface area is 93.2 Å². The highest BCUT2D eigenvalue weighted by Gasteiger charge is 2.01. The van der Waals surface area contributed by atoms with E-state index in [0.29, 0.717) is 0 Å². The molecule has 0 bridgehead atoms. The molecule has 0 saturated heterocycles. The summed E-state index contributed by atoms with van der Waals surface area (Å²) in [7, 11) is 0. The molecule has 0 aliphatic heterocycles. The van der Waals surface area contributed by atoms with E-state index in [1.54, 1.807) is 0 Å². The molecule has 0 saturated carbocycles. The molecule has 0 fully saturated rings. The predicted octanol–water partition coefficient (Wildman–Crippen LogP) is 3.56. The van der Waals surface area contributed by atoms with Crippen LogP contribution in [0.1, 0.15) is 6.92 Å². The Kier molecular flexibility index (Phi) is 15.7. The second-order valence-corrected chi connectivity index (χ2v) is 4.02. The van der Waals surface area contributed by atoms with Gasteiger partial charge in [0.1, 0.15) is 0 Å². The van der Waals surface area contributed by atoms with Crippen molar-refractivity contribution in [3.63, 3.8) is 0 Å².